The number of aliphatic hydroxyl groups excluding tert-OH is 1. The van der Waals surface area contributed by atoms with E-state index < -0.39 is 33.7 Å². The molecular formula is C21H23ClFN3O5S2. The van der Waals surface area contributed by atoms with Crippen molar-refractivity contribution in [1.82, 2.24) is 9.62 Å². The van der Waals surface area contributed by atoms with Gasteiger partial charge in [0.2, 0.25) is 15.9 Å². The molecule has 0 saturated carbocycles. The van der Waals surface area contributed by atoms with Crippen LogP contribution in [0, 0.1) is 5.82 Å². The molecule has 8 nitrogen and oxygen atoms in total. The summed E-state index contributed by atoms with van der Waals surface area (Å²) in [5.74, 6) is -1.83. The Kier molecular flexibility index (Phi) is 7.91. The van der Waals surface area contributed by atoms with Crippen LogP contribution in [0.3, 0.4) is 0 Å². The van der Waals surface area contributed by atoms with Gasteiger partial charge in [0.1, 0.15) is 11.9 Å². The summed E-state index contributed by atoms with van der Waals surface area (Å²) in [4.78, 5) is 28.2. The van der Waals surface area contributed by atoms with Crippen LogP contribution in [0.15, 0.2) is 35.7 Å². The Morgan fingerprint density at radius 3 is 2.73 bits per heavy atom. The summed E-state index contributed by atoms with van der Waals surface area (Å²) in [7, 11) is -2.46. The number of amides is 2. The average Bonchev–Trinajstić information content (AvgIpc) is 3.33. The van der Waals surface area contributed by atoms with E-state index in [1.807, 2.05) is 0 Å². The normalized spacial score (nSPS) is 17.0. The Balaban J connectivity index is 1.72. The molecule has 2 heterocycles. The third-order valence-corrected chi connectivity index (χ3v) is 7.72. The van der Waals surface area contributed by atoms with Gasteiger partial charge in [-0.15, -0.1) is 11.3 Å². The van der Waals surface area contributed by atoms with Gasteiger partial charge in [0.05, 0.1) is 22.0 Å². The van der Waals surface area contributed by atoms with Gasteiger partial charge < -0.3 is 14.9 Å². The molecule has 0 radical (unpaired) electrons. The lowest BCUT2D eigenvalue weighted by Gasteiger charge is -2.20. The first-order valence-corrected chi connectivity index (χ1v) is 12.7. The minimum absolute atomic E-state index is 0.0389. The Hall–Kier alpha value is -2.31. The van der Waals surface area contributed by atoms with Gasteiger partial charge >= 0.3 is 0 Å². The van der Waals surface area contributed by atoms with Crippen molar-refractivity contribution in [3.05, 3.63) is 56.3 Å². The Morgan fingerprint density at radius 2 is 2.12 bits per heavy atom. The van der Waals surface area contributed by atoms with Crippen molar-refractivity contribution < 1.29 is 27.5 Å². The van der Waals surface area contributed by atoms with E-state index in [2.05, 4.69) is 4.72 Å². The molecule has 0 spiro atoms. The van der Waals surface area contributed by atoms with Crippen LogP contribution < -0.4 is 9.62 Å². The summed E-state index contributed by atoms with van der Waals surface area (Å²) >= 11 is 7.13. The molecule has 2 aromatic rings. The Bertz CT molecular complexity index is 1200. The highest BCUT2D eigenvalue weighted by molar-refractivity contribution is 7.92. The SMILES string of the molecule is C/C(=C\S(=O)(=O)N[C@H]1CCN(c2ccc(C(=O)N(C)CCO)cc2F)C1=O)c1ccc(Cl)s1. The van der Waals surface area contributed by atoms with E-state index in [4.69, 9.17) is 16.7 Å². The van der Waals surface area contributed by atoms with Gasteiger partial charge in [-0.05, 0) is 49.2 Å². The molecule has 1 aromatic carbocycles. The van der Waals surface area contributed by atoms with Crippen molar-refractivity contribution in [3.8, 4) is 0 Å². The summed E-state index contributed by atoms with van der Waals surface area (Å²) in [5.41, 5.74) is 0.507. The van der Waals surface area contributed by atoms with Crippen LogP contribution in [-0.4, -0.2) is 63.0 Å². The molecule has 12 heteroatoms. The highest BCUT2D eigenvalue weighted by atomic mass is 35.5. The van der Waals surface area contributed by atoms with Gasteiger partial charge in [0, 0.05) is 30.6 Å². The Labute approximate surface area is 200 Å². The number of likely N-dealkylation sites (N-methyl/N-ethyl adjacent to an activating group) is 1. The predicted octanol–water partition coefficient (Wildman–Crippen LogP) is 2.69. The van der Waals surface area contributed by atoms with E-state index in [9.17, 15) is 22.4 Å². The maximum Gasteiger partial charge on any atom is 0.253 e. The van der Waals surface area contributed by atoms with Gasteiger partial charge in [0.15, 0.2) is 0 Å². The first-order valence-electron chi connectivity index (χ1n) is 9.96. The Morgan fingerprint density at radius 1 is 1.39 bits per heavy atom. The third kappa shape index (κ3) is 5.98. The zero-order valence-corrected chi connectivity index (χ0v) is 20.3. The van der Waals surface area contributed by atoms with Crippen molar-refractivity contribution in [1.29, 1.82) is 0 Å². The molecule has 2 N–H and O–H groups in total. The standard InChI is InChI=1S/C21H23ClFN3O5S2/c1-13(18-5-6-19(22)32-18)12-33(30,31)24-16-7-8-26(21(16)29)17-4-3-14(11-15(17)23)20(28)25(2)9-10-27/h3-6,11-12,16,24,27H,7-10H2,1-2H3/b13-12+/t16-/m0/s1. The van der Waals surface area contributed by atoms with Gasteiger partial charge in [-0.3, -0.25) is 9.59 Å². The van der Waals surface area contributed by atoms with E-state index in [1.54, 1.807) is 19.1 Å². The molecule has 1 fully saturated rings. The number of benzene rings is 1. The number of allylic oxidation sites excluding steroid dienone is 1. The molecule has 1 aromatic heterocycles. The van der Waals surface area contributed by atoms with Crippen LogP contribution in [-0.2, 0) is 14.8 Å². The molecule has 1 aliphatic heterocycles. The molecule has 1 aliphatic rings. The largest absolute Gasteiger partial charge is 0.395 e. The summed E-state index contributed by atoms with van der Waals surface area (Å²) in [6.07, 6.45) is 0.162. The van der Waals surface area contributed by atoms with Crippen molar-refractivity contribution in [2.45, 2.75) is 19.4 Å². The average molecular weight is 516 g/mol. The number of sulfonamides is 1. The lowest BCUT2D eigenvalue weighted by atomic mass is 10.1. The monoisotopic (exact) mass is 515 g/mol. The van der Waals surface area contributed by atoms with Crippen molar-refractivity contribution >= 4 is 56.0 Å². The maximum atomic E-state index is 14.7. The fourth-order valence-electron chi connectivity index (χ4n) is 3.41. The predicted molar refractivity (Wildman–Crippen MR) is 126 cm³/mol. The lowest BCUT2D eigenvalue weighted by molar-refractivity contribution is -0.118. The summed E-state index contributed by atoms with van der Waals surface area (Å²) < 4.78 is 42.7. The van der Waals surface area contributed by atoms with E-state index in [0.717, 1.165) is 16.4 Å². The van der Waals surface area contributed by atoms with E-state index in [-0.39, 0.29) is 37.4 Å². The number of hydrogen-bond acceptors (Lipinski definition) is 6. The number of nitrogens with zero attached hydrogens (tertiary/aromatic N) is 2. The van der Waals surface area contributed by atoms with Crippen LogP contribution in [0.5, 0.6) is 0 Å². The highest BCUT2D eigenvalue weighted by Gasteiger charge is 2.36. The number of carbonyl (C=O) groups is 2. The molecule has 33 heavy (non-hydrogen) atoms. The second-order valence-electron chi connectivity index (χ2n) is 7.52. The van der Waals surface area contributed by atoms with Crippen LogP contribution in [0.2, 0.25) is 4.34 Å². The number of nitrogens with one attached hydrogen (secondary N) is 1. The van der Waals surface area contributed by atoms with Crippen LogP contribution in [0.1, 0.15) is 28.6 Å². The second-order valence-corrected chi connectivity index (χ2v) is 10.8. The van der Waals surface area contributed by atoms with E-state index in [1.165, 1.54) is 35.4 Å². The fraction of sp³-hybridized carbons (Fsp3) is 0.333. The summed E-state index contributed by atoms with van der Waals surface area (Å²) in [6.45, 7) is 1.62. The number of hydrogen-bond donors (Lipinski definition) is 2. The third-order valence-electron chi connectivity index (χ3n) is 5.07. The molecule has 0 bridgehead atoms. The van der Waals surface area contributed by atoms with E-state index in [0.29, 0.717) is 14.8 Å². The zero-order chi connectivity index (χ0) is 24.3. The van der Waals surface area contributed by atoms with E-state index >= 15 is 0 Å². The smallest absolute Gasteiger partial charge is 0.253 e. The number of anilines is 1. The first-order chi connectivity index (χ1) is 15.5. The quantitative estimate of drug-likeness (QED) is 0.562. The first kappa shape index (κ1) is 25.3. The van der Waals surface area contributed by atoms with Gasteiger partial charge in [0.25, 0.3) is 5.91 Å². The van der Waals surface area contributed by atoms with Crippen molar-refractivity contribution in [3.63, 3.8) is 0 Å². The van der Waals surface area contributed by atoms with Crippen molar-refractivity contribution in [2.24, 2.45) is 0 Å². The molecule has 178 valence electrons. The van der Waals surface area contributed by atoms with Crippen LogP contribution >= 0.6 is 22.9 Å². The topological polar surface area (TPSA) is 107 Å². The molecular weight excluding hydrogens is 493 g/mol. The number of thiophene rings is 1. The minimum Gasteiger partial charge on any atom is -0.395 e. The molecule has 1 saturated heterocycles. The number of rotatable bonds is 8. The molecule has 1 atom stereocenters. The van der Waals surface area contributed by atoms with Crippen LogP contribution in [0.25, 0.3) is 5.57 Å². The molecule has 0 aliphatic carbocycles. The minimum atomic E-state index is -3.95. The zero-order valence-electron chi connectivity index (χ0n) is 17.9. The van der Waals surface area contributed by atoms with Gasteiger partial charge in [-0.25, -0.2) is 12.8 Å². The second kappa shape index (κ2) is 10.3. The lowest BCUT2D eigenvalue weighted by Crippen LogP contribution is -2.41. The van der Waals surface area contributed by atoms with Crippen LogP contribution in [0.4, 0.5) is 10.1 Å². The number of aliphatic hydroxyl groups is 1. The highest BCUT2D eigenvalue weighted by Crippen LogP contribution is 2.29. The van der Waals surface area contributed by atoms with Crippen molar-refractivity contribution in [2.75, 3.05) is 31.6 Å². The summed E-state index contributed by atoms with van der Waals surface area (Å²) in [6, 6.07) is 6.05. The molecule has 0 unspecified atom stereocenters. The molecule has 3 rings (SSSR count). The maximum absolute atomic E-state index is 14.7. The summed E-state index contributed by atoms with van der Waals surface area (Å²) in [5, 5.41) is 9.98. The van der Waals surface area contributed by atoms with Gasteiger partial charge in [-0.2, -0.15) is 4.72 Å². The molecule has 2 amide bonds. The number of halogens is 2. The number of carbonyl (C=O) groups excluding carboxylic acids is 2. The van der Waals surface area contributed by atoms with Gasteiger partial charge in [-0.1, -0.05) is 11.6 Å². The fourth-order valence-corrected chi connectivity index (χ4v) is 5.77.